The average Bonchev–Trinajstić information content (AvgIpc) is 3.14. The number of nitrogens with two attached hydrogens (primary N) is 1. The van der Waals surface area contributed by atoms with Crippen LogP contribution in [-0.4, -0.2) is 43.5 Å². The molecule has 0 aromatic heterocycles. The maximum Gasteiger partial charge on any atom is 0.220 e. The highest BCUT2D eigenvalue weighted by molar-refractivity contribution is 5.76. The number of likely N-dealkylation sites (tertiary alicyclic amines) is 1. The molecule has 1 saturated carbocycles. The van der Waals surface area contributed by atoms with Gasteiger partial charge in [0.2, 0.25) is 5.91 Å². The van der Waals surface area contributed by atoms with Gasteiger partial charge in [0.05, 0.1) is 0 Å². The second-order valence-electron chi connectivity index (χ2n) is 8.44. The zero-order valence-corrected chi connectivity index (χ0v) is 16.1. The van der Waals surface area contributed by atoms with E-state index in [0.717, 1.165) is 45.4 Å². The first-order chi connectivity index (χ1) is 12.7. The van der Waals surface area contributed by atoms with Crippen molar-refractivity contribution in [1.82, 2.24) is 10.2 Å². The molecule has 1 saturated heterocycles. The van der Waals surface area contributed by atoms with Crippen molar-refractivity contribution in [3.8, 4) is 0 Å². The molecule has 4 heteroatoms. The summed E-state index contributed by atoms with van der Waals surface area (Å²) in [6.45, 7) is 4.85. The maximum absolute atomic E-state index is 12.4. The Labute approximate surface area is 158 Å². The standard InChI is InChI=1S/C22H35N3O/c23-18-22(11-5-2-6-12-22)15-21(26)24-16-20-10-14-25(17-20)13-9-19-7-3-1-4-8-19/h1,3-4,7-8,20H,2,5-6,9-18,23H2,(H,24,26). The van der Waals surface area contributed by atoms with Crippen LogP contribution >= 0.6 is 0 Å². The van der Waals surface area contributed by atoms with Gasteiger partial charge >= 0.3 is 0 Å². The first-order valence-electron chi connectivity index (χ1n) is 10.4. The molecule has 4 nitrogen and oxygen atoms in total. The summed E-state index contributed by atoms with van der Waals surface area (Å²) in [4.78, 5) is 15.0. The van der Waals surface area contributed by atoms with E-state index in [-0.39, 0.29) is 11.3 Å². The van der Waals surface area contributed by atoms with Crippen LogP contribution in [0.3, 0.4) is 0 Å². The van der Waals surface area contributed by atoms with E-state index in [2.05, 4.69) is 40.5 Å². The lowest BCUT2D eigenvalue weighted by atomic mass is 9.71. The molecule has 2 fully saturated rings. The number of nitrogens with one attached hydrogen (secondary N) is 1. The fourth-order valence-electron chi connectivity index (χ4n) is 4.63. The van der Waals surface area contributed by atoms with Gasteiger partial charge in [-0.3, -0.25) is 4.79 Å². The van der Waals surface area contributed by atoms with Gasteiger partial charge in [0, 0.05) is 26.1 Å². The fourth-order valence-corrected chi connectivity index (χ4v) is 4.63. The number of hydrogen-bond acceptors (Lipinski definition) is 3. The molecule has 1 aromatic carbocycles. The molecule has 1 unspecified atom stereocenters. The number of nitrogens with zero attached hydrogens (tertiary/aromatic N) is 1. The van der Waals surface area contributed by atoms with Crippen molar-refractivity contribution < 1.29 is 4.79 Å². The first-order valence-corrected chi connectivity index (χ1v) is 10.4. The molecule has 144 valence electrons. The number of benzene rings is 1. The van der Waals surface area contributed by atoms with E-state index in [1.54, 1.807) is 0 Å². The van der Waals surface area contributed by atoms with Gasteiger partial charge in [-0.2, -0.15) is 0 Å². The van der Waals surface area contributed by atoms with Crippen LogP contribution in [0.4, 0.5) is 0 Å². The number of amides is 1. The van der Waals surface area contributed by atoms with E-state index < -0.39 is 0 Å². The Morgan fingerprint density at radius 1 is 1.19 bits per heavy atom. The van der Waals surface area contributed by atoms with Gasteiger partial charge in [0.25, 0.3) is 0 Å². The summed E-state index contributed by atoms with van der Waals surface area (Å²) in [7, 11) is 0. The molecular formula is C22H35N3O. The lowest BCUT2D eigenvalue weighted by molar-refractivity contribution is -0.124. The van der Waals surface area contributed by atoms with E-state index in [0.29, 0.717) is 18.9 Å². The quantitative estimate of drug-likeness (QED) is 0.752. The Hall–Kier alpha value is -1.39. The van der Waals surface area contributed by atoms with Crippen LogP contribution in [0.5, 0.6) is 0 Å². The number of rotatable bonds is 8. The van der Waals surface area contributed by atoms with E-state index >= 15 is 0 Å². The lowest BCUT2D eigenvalue weighted by Crippen LogP contribution is -2.40. The Kier molecular flexibility index (Phi) is 7.09. The maximum atomic E-state index is 12.4. The van der Waals surface area contributed by atoms with E-state index in [4.69, 9.17) is 5.73 Å². The summed E-state index contributed by atoms with van der Waals surface area (Å²) < 4.78 is 0. The Morgan fingerprint density at radius 3 is 2.69 bits per heavy atom. The van der Waals surface area contributed by atoms with Crippen molar-refractivity contribution in [1.29, 1.82) is 0 Å². The van der Waals surface area contributed by atoms with Crippen LogP contribution in [-0.2, 0) is 11.2 Å². The minimum atomic E-state index is 0.0692. The first kappa shape index (κ1) is 19.4. The minimum absolute atomic E-state index is 0.0692. The van der Waals surface area contributed by atoms with E-state index in [9.17, 15) is 4.79 Å². The van der Waals surface area contributed by atoms with Crippen molar-refractivity contribution in [2.24, 2.45) is 17.1 Å². The molecule has 3 N–H and O–H groups in total. The molecule has 26 heavy (non-hydrogen) atoms. The highest BCUT2D eigenvalue weighted by atomic mass is 16.1. The molecule has 2 aliphatic rings. The molecule has 1 heterocycles. The summed E-state index contributed by atoms with van der Waals surface area (Å²) in [5.74, 6) is 0.801. The SMILES string of the molecule is NCC1(CC(=O)NCC2CCN(CCc3ccccc3)C2)CCCCC1. The molecule has 1 aliphatic heterocycles. The van der Waals surface area contributed by atoms with Crippen molar-refractivity contribution >= 4 is 5.91 Å². The van der Waals surface area contributed by atoms with Crippen molar-refractivity contribution in [2.75, 3.05) is 32.7 Å². The van der Waals surface area contributed by atoms with Crippen molar-refractivity contribution in [3.05, 3.63) is 35.9 Å². The van der Waals surface area contributed by atoms with Crippen molar-refractivity contribution in [2.45, 2.75) is 51.4 Å². The number of carbonyl (C=O) groups excluding carboxylic acids is 1. The average molecular weight is 358 g/mol. The van der Waals surface area contributed by atoms with Crippen LogP contribution in [0, 0.1) is 11.3 Å². The summed E-state index contributed by atoms with van der Waals surface area (Å²) >= 11 is 0. The smallest absolute Gasteiger partial charge is 0.220 e. The van der Waals surface area contributed by atoms with Gasteiger partial charge in [-0.25, -0.2) is 0 Å². The Morgan fingerprint density at radius 2 is 1.96 bits per heavy atom. The molecule has 0 radical (unpaired) electrons. The van der Waals surface area contributed by atoms with E-state index in [1.807, 2.05) is 0 Å². The Bertz CT molecular complexity index is 554. The monoisotopic (exact) mass is 357 g/mol. The number of carbonyl (C=O) groups is 1. The van der Waals surface area contributed by atoms with Gasteiger partial charge in [0.15, 0.2) is 0 Å². The zero-order valence-electron chi connectivity index (χ0n) is 16.1. The Balaban J connectivity index is 1.35. The van der Waals surface area contributed by atoms with Crippen LogP contribution in [0.1, 0.15) is 50.5 Å². The normalized spacial score (nSPS) is 23.0. The van der Waals surface area contributed by atoms with Gasteiger partial charge in [0.1, 0.15) is 0 Å². The predicted molar refractivity (Wildman–Crippen MR) is 107 cm³/mol. The van der Waals surface area contributed by atoms with Gasteiger partial charge < -0.3 is 16.0 Å². The largest absolute Gasteiger partial charge is 0.356 e. The molecule has 0 spiro atoms. The summed E-state index contributed by atoms with van der Waals surface area (Å²) in [5.41, 5.74) is 7.49. The van der Waals surface area contributed by atoms with Crippen molar-refractivity contribution in [3.63, 3.8) is 0 Å². The minimum Gasteiger partial charge on any atom is -0.356 e. The van der Waals surface area contributed by atoms with Crippen LogP contribution in [0.2, 0.25) is 0 Å². The third-order valence-corrected chi connectivity index (χ3v) is 6.40. The molecule has 0 bridgehead atoms. The van der Waals surface area contributed by atoms with E-state index in [1.165, 1.54) is 31.2 Å². The van der Waals surface area contributed by atoms with Crippen LogP contribution in [0.25, 0.3) is 0 Å². The molecule has 1 aromatic rings. The summed E-state index contributed by atoms with van der Waals surface area (Å²) in [6.07, 6.45) is 8.91. The number of hydrogen-bond donors (Lipinski definition) is 2. The van der Waals surface area contributed by atoms with Crippen LogP contribution < -0.4 is 11.1 Å². The molecular weight excluding hydrogens is 322 g/mol. The topological polar surface area (TPSA) is 58.4 Å². The molecule has 3 rings (SSSR count). The lowest BCUT2D eigenvalue weighted by Gasteiger charge is -2.35. The molecule has 1 atom stereocenters. The fraction of sp³-hybridized carbons (Fsp3) is 0.682. The van der Waals surface area contributed by atoms with Gasteiger partial charge in [-0.1, -0.05) is 49.6 Å². The second-order valence-corrected chi connectivity index (χ2v) is 8.44. The predicted octanol–water partition coefficient (Wildman–Crippen LogP) is 2.97. The van der Waals surface area contributed by atoms with Crippen LogP contribution in [0.15, 0.2) is 30.3 Å². The van der Waals surface area contributed by atoms with Gasteiger partial charge in [-0.15, -0.1) is 0 Å². The summed E-state index contributed by atoms with van der Waals surface area (Å²) in [6, 6.07) is 10.7. The molecule has 1 amide bonds. The second kappa shape index (κ2) is 9.52. The third-order valence-electron chi connectivity index (χ3n) is 6.40. The highest BCUT2D eigenvalue weighted by Gasteiger charge is 2.33. The molecule has 1 aliphatic carbocycles. The third kappa shape index (κ3) is 5.55. The van der Waals surface area contributed by atoms with Gasteiger partial charge in [-0.05, 0) is 55.7 Å². The zero-order chi connectivity index (χ0) is 18.2. The summed E-state index contributed by atoms with van der Waals surface area (Å²) in [5, 5.41) is 3.20. The highest BCUT2D eigenvalue weighted by Crippen LogP contribution is 2.38.